The highest BCUT2D eigenvalue weighted by atomic mass is 35.5. The summed E-state index contributed by atoms with van der Waals surface area (Å²) in [5.74, 6) is -0.764. The van der Waals surface area contributed by atoms with Crippen LogP contribution in [0, 0.1) is 25.2 Å². The van der Waals surface area contributed by atoms with E-state index in [1.807, 2.05) is 75.4 Å². The Labute approximate surface area is 231 Å². The van der Waals surface area contributed by atoms with E-state index < -0.39 is 11.2 Å². The van der Waals surface area contributed by atoms with E-state index in [-0.39, 0.29) is 17.5 Å². The first-order chi connectivity index (χ1) is 17.7. The second-order valence-electron chi connectivity index (χ2n) is 8.86. The van der Waals surface area contributed by atoms with Gasteiger partial charge in [0.05, 0.1) is 21.3 Å². The van der Waals surface area contributed by atoms with Gasteiger partial charge in [-0.25, -0.2) is 0 Å². The van der Waals surface area contributed by atoms with Gasteiger partial charge in [0.2, 0.25) is 5.91 Å². The molecule has 4 rings (SSSR count). The second-order valence-corrected chi connectivity index (χ2v) is 10.8. The minimum Gasteiger partial charge on any atom is -0.345 e. The summed E-state index contributed by atoms with van der Waals surface area (Å²) in [6, 6.07) is 22.2. The monoisotopic (exact) mass is 549 g/mol. The van der Waals surface area contributed by atoms with Gasteiger partial charge in [-0.3, -0.25) is 14.5 Å². The lowest BCUT2D eigenvalue weighted by molar-refractivity contribution is -0.117. The summed E-state index contributed by atoms with van der Waals surface area (Å²) >= 11 is 13.8. The fraction of sp³-hybridized carbons (Fsp3) is 0.207. The van der Waals surface area contributed by atoms with Crippen LogP contribution in [0.3, 0.4) is 0 Å². The predicted molar refractivity (Wildman–Crippen MR) is 151 cm³/mol. The van der Waals surface area contributed by atoms with Crippen molar-refractivity contribution in [3.05, 3.63) is 110 Å². The van der Waals surface area contributed by atoms with E-state index in [1.165, 1.54) is 16.7 Å². The van der Waals surface area contributed by atoms with Gasteiger partial charge in [0, 0.05) is 5.69 Å². The first-order valence-corrected chi connectivity index (χ1v) is 13.4. The fourth-order valence-electron chi connectivity index (χ4n) is 4.09. The van der Waals surface area contributed by atoms with Crippen molar-refractivity contribution < 1.29 is 9.59 Å². The molecule has 1 N–H and O–H groups in total. The van der Waals surface area contributed by atoms with Crippen LogP contribution >= 0.6 is 35.0 Å². The summed E-state index contributed by atoms with van der Waals surface area (Å²) in [6.45, 7) is 5.79. The molecule has 3 aromatic carbocycles. The molecule has 37 heavy (non-hydrogen) atoms. The number of anilines is 1. The topological polar surface area (TPSA) is 73.2 Å². The summed E-state index contributed by atoms with van der Waals surface area (Å²) in [5, 5.41) is 13.5. The van der Waals surface area contributed by atoms with Crippen LogP contribution in [0.2, 0.25) is 10.0 Å². The maximum absolute atomic E-state index is 13.8. The maximum Gasteiger partial charge on any atom is 0.265 e. The molecule has 0 spiro atoms. The number of carbonyl (C=O) groups excluding carboxylic acids is 2. The van der Waals surface area contributed by atoms with Crippen molar-refractivity contribution in [3.8, 4) is 6.07 Å². The predicted octanol–water partition coefficient (Wildman–Crippen LogP) is 6.91. The van der Waals surface area contributed by atoms with Crippen molar-refractivity contribution in [2.24, 2.45) is 0 Å². The van der Waals surface area contributed by atoms with Crippen LogP contribution in [-0.4, -0.2) is 17.1 Å². The molecule has 0 saturated carbocycles. The van der Waals surface area contributed by atoms with Gasteiger partial charge >= 0.3 is 0 Å². The van der Waals surface area contributed by atoms with E-state index in [4.69, 9.17) is 23.2 Å². The van der Waals surface area contributed by atoms with Crippen molar-refractivity contribution >= 4 is 52.5 Å². The van der Waals surface area contributed by atoms with Gasteiger partial charge in [-0.05, 0) is 67.6 Å². The fourth-order valence-corrected chi connectivity index (χ4v) is 5.78. The smallest absolute Gasteiger partial charge is 0.265 e. The van der Waals surface area contributed by atoms with Crippen LogP contribution in [0.4, 0.5) is 5.69 Å². The molecular weight excluding hydrogens is 525 g/mol. The number of hydrogen-bond donors (Lipinski definition) is 1. The Morgan fingerprint density at radius 1 is 1.08 bits per heavy atom. The average molecular weight is 551 g/mol. The number of aryl methyl sites for hydroxylation is 2. The lowest BCUT2D eigenvalue weighted by Crippen LogP contribution is -2.33. The van der Waals surface area contributed by atoms with Crippen LogP contribution in [0.5, 0.6) is 0 Å². The molecule has 0 radical (unpaired) electrons. The van der Waals surface area contributed by atoms with Crippen molar-refractivity contribution in [1.82, 2.24) is 5.32 Å². The van der Waals surface area contributed by atoms with Gasteiger partial charge in [0.15, 0.2) is 0 Å². The molecule has 5 nitrogen and oxygen atoms in total. The number of nitriles is 1. The summed E-state index contributed by atoms with van der Waals surface area (Å²) in [4.78, 5) is 28.6. The highest BCUT2D eigenvalue weighted by Crippen LogP contribution is 2.43. The lowest BCUT2D eigenvalue weighted by Gasteiger charge is -2.20. The first kappa shape index (κ1) is 26.8. The zero-order chi connectivity index (χ0) is 26.7. The van der Waals surface area contributed by atoms with Crippen LogP contribution in [0.15, 0.2) is 77.3 Å². The maximum atomic E-state index is 13.8. The van der Waals surface area contributed by atoms with Crippen molar-refractivity contribution in [2.45, 2.75) is 38.5 Å². The number of amides is 2. The highest BCUT2D eigenvalue weighted by molar-refractivity contribution is 8.05. The first-order valence-electron chi connectivity index (χ1n) is 11.7. The lowest BCUT2D eigenvalue weighted by atomic mass is 10.1. The summed E-state index contributed by atoms with van der Waals surface area (Å²) < 4.78 is 0. The normalized spacial score (nSPS) is 17.4. The summed E-state index contributed by atoms with van der Waals surface area (Å²) in [5.41, 5.74) is 4.20. The van der Waals surface area contributed by atoms with Gasteiger partial charge in [0.25, 0.3) is 5.91 Å². The molecule has 2 amide bonds. The molecule has 1 aliphatic heterocycles. The molecule has 1 aliphatic rings. The van der Waals surface area contributed by atoms with Gasteiger partial charge < -0.3 is 5.32 Å². The van der Waals surface area contributed by atoms with E-state index in [0.29, 0.717) is 27.2 Å². The number of rotatable bonds is 6. The molecule has 2 atom stereocenters. The third kappa shape index (κ3) is 5.70. The highest BCUT2D eigenvalue weighted by Gasteiger charge is 2.41. The minimum atomic E-state index is -0.588. The Morgan fingerprint density at radius 3 is 2.49 bits per heavy atom. The molecule has 1 fully saturated rings. The summed E-state index contributed by atoms with van der Waals surface area (Å²) in [7, 11) is 0. The van der Waals surface area contributed by atoms with Crippen LogP contribution < -0.4 is 10.2 Å². The van der Waals surface area contributed by atoms with Crippen LogP contribution in [0.25, 0.3) is 0 Å². The van der Waals surface area contributed by atoms with Gasteiger partial charge in [-0.2, -0.15) is 5.26 Å². The Bertz CT molecular complexity index is 1430. The van der Waals surface area contributed by atoms with E-state index in [9.17, 15) is 14.9 Å². The molecule has 0 aromatic heterocycles. The minimum absolute atomic E-state index is 0.112. The molecule has 1 heterocycles. The number of carbonyl (C=O) groups is 2. The molecule has 0 bridgehead atoms. The molecule has 0 aliphatic carbocycles. The number of thioether (sulfide) groups is 1. The van der Waals surface area contributed by atoms with Gasteiger partial charge in [0.1, 0.15) is 16.7 Å². The van der Waals surface area contributed by atoms with Gasteiger partial charge in [-0.15, -0.1) is 0 Å². The molecule has 188 valence electrons. The van der Waals surface area contributed by atoms with Crippen molar-refractivity contribution in [3.63, 3.8) is 0 Å². The third-order valence-corrected chi connectivity index (χ3v) is 8.46. The molecule has 8 heteroatoms. The standard InChI is InChI=1S/C29H25Cl2N3O2S/c1-17-12-13-22(14-18(17)2)34-28(36)25(15-21-10-7-11-24(30)26(21)31)37-29(34)23(16-32)27(35)33-19(3)20-8-5-4-6-9-20/h4-14,19,25H,15H2,1-3H3,(H,33,35)/b29-23-. The van der Waals surface area contributed by atoms with E-state index in [1.54, 1.807) is 12.1 Å². The third-order valence-electron chi connectivity index (χ3n) is 6.34. The van der Waals surface area contributed by atoms with E-state index >= 15 is 0 Å². The van der Waals surface area contributed by atoms with Crippen molar-refractivity contribution in [1.29, 1.82) is 5.26 Å². The number of hydrogen-bond acceptors (Lipinski definition) is 4. The zero-order valence-corrected chi connectivity index (χ0v) is 22.9. The molecular formula is C29H25Cl2N3O2S. The van der Waals surface area contributed by atoms with Crippen molar-refractivity contribution in [2.75, 3.05) is 4.90 Å². The van der Waals surface area contributed by atoms with E-state index in [2.05, 4.69) is 11.4 Å². The Hall–Kier alpha value is -3.24. The quantitative estimate of drug-likeness (QED) is 0.267. The number of halogens is 2. The number of nitrogens with one attached hydrogen (secondary N) is 1. The Morgan fingerprint density at radius 2 is 1.81 bits per heavy atom. The SMILES string of the molecule is Cc1ccc(N2C(=O)C(Cc3cccc(Cl)c3Cl)S/C2=C(/C#N)C(=O)NC(C)c2ccccc2)cc1C. The van der Waals surface area contributed by atoms with E-state index in [0.717, 1.165) is 22.3 Å². The molecule has 3 aromatic rings. The zero-order valence-electron chi connectivity index (χ0n) is 20.6. The molecule has 1 saturated heterocycles. The van der Waals surface area contributed by atoms with Gasteiger partial charge in [-0.1, -0.05) is 83.5 Å². The second kappa shape index (κ2) is 11.4. The average Bonchev–Trinajstić information content (AvgIpc) is 3.20. The largest absolute Gasteiger partial charge is 0.345 e. The number of benzene rings is 3. The Kier molecular flexibility index (Phi) is 8.29. The molecule has 2 unspecified atom stereocenters. The van der Waals surface area contributed by atoms with Crippen LogP contribution in [-0.2, 0) is 16.0 Å². The summed E-state index contributed by atoms with van der Waals surface area (Å²) in [6.07, 6.45) is 0.300. The Balaban J connectivity index is 1.74. The number of nitrogens with zero attached hydrogens (tertiary/aromatic N) is 2. The van der Waals surface area contributed by atoms with Crippen LogP contribution in [0.1, 0.15) is 35.2 Å².